The first-order chi connectivity index (χ1) is 14.4. The number of aromatic hydroxyl groups is 1. The van der Waals surface area contributed by atoms with Crippen molar-refractivity contribution in [1.82, 2.24) is 9.45 Å². The van der Waals surface area contributed by atoms with Crippen molar-refractivity contribution in [2.24, 2.45) is 0 Å². The van der Waals surface area contributed by atoms with Crippen LogP contribution in [0.1, 0.15) is 10.4 Å². The van der Waals surface area contributed by atoms with Gasteiger partial charge in [-0.15, -0.1) is 0 Å². The summed E-state index contributed by atoms with van der Waals surface area (Å²) in [6.07, 6.45) is 0. The van der Waals surface area contributed by atoms with E-state index in [0.29, 0.717) is 15.7 Å². The molecule has 0 aliphatic carbocycles. The first-order valence-corrected chi connectivity index (χ1v) is 10.9. The number of hydrogen-bond donors (Lipinski definition) is 3. The average Bonchev–Trinajstić information content (AvgIpc) is 3.14. The van der Waals surface area contributed by atoms with Crippen LogP contribution < -0.4 is 5.48 Å². The summed E-state index contributed by atoms with van der Waals surface area (Å²) in [5, 5.41) is 20.2. The van der Waals surface area contributed by atoms with Crippen molar-refractivity contribution in [2.75, 3.05) is 0 Å². The van der Waals surface area contributed by atoms with E-state index in [-0.39, 0.29) is 21.2 Å². The van der Waals surface area contributed by atoms with Crippen LogP contribution in [0.3, 0.4) is 0 Å². The second kappa shape index (κ2) is 8.23. The average molecular weight is 506 g/mol. The highest BCUT2D eigenvalue weighted by atomic mass is 79.9. The number of rotatable bonds is 4. The summed E-state index contributed by atoms with van der Waals surface area (Å²) >= 11 is 9.39. The van der Waals surface area contributed by atoms with Crippen LogP contribution in [-0.2, 0) is 11.0 Å². The number of phenols is 1. The standard InChI is InChI=1S/C21H14BrClN2O4S/c22-15-10-16(23)20(26)19(11-15)30(29)25-17(12-4-2-1-3-5-12)8-13-6-7-14(9-18(13)25)21(27)24-28/h1-11,26,28H,(H,24,27). The summed E-state index contributed by atoms with van der Waals surface area (Å²) in [7, 11) is -1.90. The molecule has 3 N–H and O–H groups in total. The summed E-state index contributed by atoms with van der Waals surface area (Å²) < 4.78 is 15.8. The molecule has 9 heteroatoms. The molecular formula is C21H14BrClN2O4S. The Morgan fingerprint density at radius 1 is 1.07 bits per heavy atom. The Bertz CT molecular complexity index is 1310. The zero-order valence-electron chi connectivity index (χ0n) is 15.2. The summed E-state index contributed by atoms with van der Waals surface area (Å²) in [6, 6.07) is 19.0. The lowest BCUT2D eigenvalue weighted by Gasteiger charge is -2.13. The van der Waals surface area contributed by atoms with Crippen LogP contribution in [0.2, 0.25) is 5.02 Å². The number of halogens is 2. The van der Waals surface area contributed by atoms with Crippen LogP contribution in [0.25, 0.3) is 22.2 Å². The maximum Gasteiger partial charge on any atom is 0.274 e. The maximum absolute atomic E-state index is 13.7. The third-order valence-electron chi connectivity index (χ3n) is 4.54. The van der Waals surface area contributed by atoms with Crippen molar-refractivity contribution in [1.29, 1.82) is 0 Å². The van der Waals surface area contributed by atoms with Gasteiger partial charge in [-0.1, -0.05) is 63.9 Å². The monoisotopic (exact) mass is 504 g/mol. The largest absolute Gasteiger partial charge is 0.505 e. The Labute approximate surface area is 187 Å². The van der Waals surface area contributed by atoms with Gasteiger partial charge in [-0.25, -0.2) is 9.69 Å². The number of amides is 1. The minimum absolute atomic E-state index is 0.0609. The molecule has 0 fully saturated rings. The first-order valence-electron chi connectivity index (χ1n) is 8.66. The third-order valence-corrected chi connectivity index (χ3v) is 6.70. The van der Waals surface area contributed by atoms with Gasteiger partial charge < -0.3 is 5.11 Å². The van der Waals surface area contributed by atoms with E-state index in [0.717, 1.165) is 10.9 Å². The Morgan fingerprint density at radius 2 is 1.80 bits per heavy atom. The molecule has 4 aromatic rings. The normalized spacial score (nSPS) is 12.1. The van der Waals surface area contributed by atoms with Crippen LogP contribution in [-0.4, -0.2) is 24.4 Å². The second-order valence-corrected chi connectivity index (χ2v) is 9.01. The van der Waals surface area contributed by atoms with Crippen molar-refractivity contribution in [3.05, 3.63) is 81.8 Å². The fourth-order valence-corrected chi connectivity index (χ4v) is 5.53. The van der Waals surface area contributed by atoms with E-state index >= 15 is 0 Å². The second-order valence-electron chi connectivity index (χ2n) is 6.39. The van der Waals surface area contributed by atoms with Gasteiger partial charge in [0.25, 0.3) is 5.91 Å². The highest BCUT2D eigenvalue weighted by molar-refractivity contribution is 9.10. The predicted octanol–water partition coefficient (Wildman–Crippen LogP) is 5.12. The molecule has 0 saturated carbocycles. The maximum atomic E-state index is 13.7. The zero-order valence-corrected chi connectivity index (χ0v) is 18.3. The van der Waals surface area contributed by atoms with Gasteiger partial charge in [0.05, 0.1) is 16.2 Å². The first kappa shape index (κ1) is 20.6. The molecule has 0 aliphatic rings. The molecule has 0 bridgehead atoms. The molecule has 1 amide bonds. The molecule has 1 heterocycles. The van der Waals surface area contributed by atoms with Crippen LogP contribution in [0.4, 0.5) is 0 Å². The smallest absolute Gasteiger partial charge is 0.274 e. The van der Waals surface area contributed by atoms with E-state index in [1.54, 1.807) is 17.6 Å². The van der Waals surface area contributed by atoms with E-state index < -0.39 is 16.9 Å². The van der Waals surface area contributed by atoms with Crippen molar-refractivity contribution >= 4 is 55.3 Å². The number of carbonyl (C=O) groups excluding carboxylic acids is 1. The van der Waals surface area contributed by atoms with Crippen molar-refractivity contribution < 1.29 is 19.3 Å². The number of nitrogens with one attached hydrogen (secondary N) is 1. The summed E-state index contributed by atoms with van der Waals surface area (Å²) in [4.78, 5) is 12.0. The predicted molar refractivity (Wildman–Crippen MR) is 119 cm³/mol. The van der Waals surface area contributed by atoms with Gasteiger partial charge in [-0.3, -0.25) is 14.0 Å². The van der Waals surface area contributed by atoms with Gasteiger partial charge in [0.1, 0.15) is 4.90 Å². The minimum Gasteiger partial charge on any atom is -0.505 e. The Hall–Kier alpha value is -2.65. The van der Waals surface area contributed by atoms with E-state index in [4.69, 9.17) is 16.8 Å². The molecule has 6 nitrogen and oxygen atoms in total. The number of nitrogens with zero attached hydrogens (tertiary/aromatic N) is 1. The Morgan fingerprint density at radius 3 is 2.50 bits per heavy atom. The van der Waals surface area contributed by atoms with E-state index in [2.05, 4.69) is 15.9 Å². The number of carbonyl (C=O) groups is 1. The van der Waals surface area contributed by atoms with Crippen LogP contribution in [0.5, 0.6) is 5.75 Å². The van der Waals surface area contributed by atoms with Gasteiger partial charge in [0.2, 0.25) is 0 Å². The van der Waals surface area contributed by atoms with Gasteiger partial charge in [0, 0.05) is 15.4 Å². The van der Waals surface area contributed by atoms with E-state index in [9.17, 15) is 14.1 Å². The molecule has 0 aliphatic heterocycles. The molecule has 0 saturated heterocycles. The molecule has 0 radical (unpaired) electrons. The van der Waals surface area contributed by atoms with Crippen LogP contribution >= 0.6 is 27.5 Å². The Kier molecular flexibility index (Phi) is 5.66. The molecular weight excluding hydrogens is 492 g/mol. The molecule has 0 spiro atoms. The SMILES string of the molecule is O=C(NO)c1ccc2cc(-c3ccccc3)n(S(=O)c3cc(Br)cc(Cl)c3O)c2c1. The number of fused-ring (bicyclic) bond motifs is 1. The van der Waals surface area contributed by atoms with E-state index in [1.165, 1.54) is 22.2 Å². The highest BCUT2D eigenvalue weighted by Gasteiger charge is 2.22. The van der Waals surface area contributed by atoms with Crippen molar-refractivity contribution in [3.63, 3.8) is 0 Å². The number of hydrogen-bond acceptors (Lipinski definition) is 4. The van der Waals surface area contributed by atoms with Gasteiger partial charge in [0.15, 0.2) is 16.7 Å². The summed E-state index contributed by atoms with van der Waals surface area (Å²) in [5.74, 6) is -0.978. The lowest BCUT2D eigenvalue weighted by Crippen LogP contribution is -2.18. The molecule has 30 heavy (non-hydrogen) atoms. The summed E-state index contributed by atoms with van der Waals surface area (Å²) in [6.45, 7) is 0. The summed E-state index contributed by atoms with van der Waals surface area (Å²) in [5.41, 5.74) is 3.71. The molecule has 1 aromatic heterocycles. The Balaban J connectivity index is 2.03. The topological polar surface area (TPSA) is 91.6 Å². The number of aromatic nitrogens is 1. The quantitative estimate of drug-likeness (QED) is 0.265. The third kappa shape index (κ3) is 3.63. The van der Waals surface area contributed by atoms with Crippen LogP contribution in [0.15, 0.2) is 76.1 Å². The van der Waals surface area contributed by atoms with Crippen molar-refractivity contribution in [3.8, 4) is 17.0 Å². The lowest BCUT2D eigenvalue weighted by atomic mass is 10.1. The molecule has 1 atom stereocenters. The number of phenolic OH excluding ortho intramolecular Hbond substituents is 1. The van der Waals surface area contributed by atoms with Crippen molar-refractivity contribution in [2.45, 2.75) is 4.90 Å². The molecule has 3 aromatic carbocycles. The minimum atomic E-state index is -1.90. The van der Waals surface area contributed by atoms with E-state index in [1.807, 2.05) is 36.4 Å². The fraction of sp³-hybridized carbons (Fsp3) is 0. The van der Waals surface area contributed by atoms with Crippen LogP contribution in [0, 0.1) is 0 Å². The van der Waals surface area contributed by atoms with Gasteiger partial charge in [-0.2, -0.15) is 0 Å². The van der Waals surface area contributed by atoms with Gasteiger partial charge >= 0.3 is 0 Å². The highest BCUT2D eigenvalue weighted by Crippen LogP contribution is 2.37. The lowest BCUT2D eigenvalue weighted by molar-refractivity contribution is 0.0706. The zero-order chi connectivity index (χ0) is 21.4. The molecule has 4 rings (SSSR count). The fourth-order valence-electron chi connectivity index (χ4n) is 3.15. The number of benzene rings is 3. The number of hydroxylamine groups is 1. The molecule has 152 valence electrons. The molecule has 1 unspecified atom stereocenters. The van der Waals surface area contributed by atoms with Gasteiger partial charge in [-0.05, 0) is 35.9 Å².